The third-order valence-electron chi connectivity index (χ3n) is 4.05. The topological polar surface area (TPSA) is 101 Å². The van der Waals surface area contributed by atoms with Crippen LogP contribution in [0.3, 0.4) is 0 Å². The van der Waals surface area contributed by atoms with Gasteiger partial charge in [0.05, 0.1) is 17.9 Å². The molecule has 0 unspecified atom stereocenters. The van der Waals surface area contributed by atoms with E-state index in [4.69, 9.17) is 0 Å². The molecular formula is C17H21N7O. The molecule has 0 fully saturated rings. The van der Waals surface area contributed by atoms with E-state index in [1.165, 1.54) is 6.33 Å². The number of carbonyl (C=O) groups excluding carboxylic acids is 1. The molecule has 0 saturated heterocycles. The number of carbonyl (C=O) groups is 1. The zero-order valence-corrected chi connectivity index (χ0v) is 14.4. The lowest BCUT2D eigenvalue weighted by atomic mass is 10.1. The quantitative estimate of drug-likeness (QED) is 0.637. The second-order valence-corrected chi connectivity index (χ2v) is 5.94. The van der Waals surface area contributed by atoms with E-state index < -0.39 is 0 Å². The van der Waals surface area contributed by atoms with Crippen molar-refractivity contribution < 1.29 is 4.79 Å². The largest absolute Gasteiger partial charge is 0.325 e. The van der Waals surface area contributed by atoms with Gasteiger partial charge in [-0.3, -0.25) is 15.2 Å². The lowest BCUT2D eigenvalue weighted by Gasteiger charge is -2.19. The Bertz CT molecular complexity index is 823. The SMILES string of the molecule is Cc1[nH]ncc1[C@@H](C)N[C@H](C)C(=O)Nc1ccc(-n2cncn2)cc1. The van der Waals surface area contributed by atoms with E-state index in [9.17, 15) is 4.79 Å². The van der Waals surface area contributed by atoms with E-state index >= 15 is 0 Å². The number of aryl methyl sites for hydroxylation is 1. The van der Waals surface area contributed by atoms with Gasteiger partial charge in [-0.1, -0.05) is 0 Å². The molecule has 0 radical (unpaired) electrons. The van der Waals surface area contributed by atoms with Crippen molar-refractivity contribution >= 4 is 11.6 Å². The number of H-pyrrole nitrogens is 1. The number of anilines is 1. The molecule has 0 saturated carbocycles. The van der Waals surface area contributed by atoms with E-state index in [1.807, 2.05) is 45.0 Å². The van der Waals surface area contributed by atoms with Crippen LogP contribution in [0.4, 0.5) is 5.69 Å². The Morgan fingerprint density at radius 1 is 1.24 bits per heavy atom. The second-order valence-electron chi connectivity index (χ2n) is 5.94. The molecule has 130 valence electrons. The predicted octanol–water partition coefficient (Wildman–Crippen LogP) is 1.98. The standard InChI is InChI=1S/C17H21N7O/c1-11(16-8-19-23-12(16)2)21-13(3)17(25)22-14-4-6-15(7-5-14)24-10-18-9-20-24/h4-11,13,21H,1-3H3,(H,19,23)(H,22,25)/t11-,13-/m1/s1. The average molecular weight is 339 g/mol. The van der Waals surface area contributed by atoms with Gasteiger partial charge in [0.2, 0.25) is 5.91 Å². The maximum atomic E-state index is 12.4. The summed E-state index contributed by atoms with van der Waals surface area (Å²) >= 11 is 0. The number of rotatable bonds is 6. The molecule has 2 heterocycles. The van der Waals surface area contributed by atoms with Gasteiger partial charge in [0.15, 0.2) is 0 Å². The fourth-order valence-corrected chi connectivity index (χ4v) is 2.63. The van der Waals surface area contributed by atoms with Gasteiger partial charge < -0.3 is 5.32 Å². The average Bonchev–Trinajstić information content (AvgIpc) is 3.27. The first-order valence-corrected chi connectivity index (χ1v) is 8.06. The molecule has 3 rings (SSSR count). The lowest BCUT2D eigenvalue weighted by Crippen LogP contribution is -2.39. The van der Waals surface area contributed by atoms with Crippen molar-refractivity contribution in [2.75, 3.05) is 5.32 Å². The van der Waals surface area contributed by atoms with Gasteiger partial charge in [-0.2, -0.15) is 10.2 Å². The molecule has 8 heteroatoms. The van der Waals surface area contributed by atoms with Gasteiger partial charge in [0.1, 0.15) is 12.7 Å². The van der Waals surface area contributed by atoms with Crippen LogP contribution in [0.1, 0.15) is 31.1 Å². The third-order valence-corrected chi connectivity index (χ3v) is 4.05. The minimum absolute atomic E-state index is 0.0224. The van der Waals surface area contributed by atoms with Gasteiger partial charge in [-0.15, -0.1) is 0 Å². The first kappa shape index (κ1) is 16.8. The van der Waals surface area contributed by atoms with Gasteiger partial charge in [-0.25, -0.2) is 9.67 Å². The van der Waals surface area contributed by atoms with Crippen molar-refractivity contribution in [3.8, 4) is 5.69 Å². The Hall–Kier alpha value is -3.00. The first-order valence-electron chi connectivity index (χ1n) is 8.06. The van der Waals surface area contributed by atoms with Gasteiger partial charge in [0, 0.05) is 23.0 Å². The summed E-state index contributed by atoms with van der Waals surface area (Å²) in [6, 6.07) is 7.10. The molecule has 1 aromatic carbocycles. The van der Waals surface area contributed by atoms with Gasteiger partial charge in [-0.05, 0) is 45.0 Å². The summed E-state index contributed by atoms with van der Waals surface area (Å²) in [5.41, 5.74) is 3.66. The third kappa shape index (κ3) is 3.92. The molecule has 2 aromatic heterocycles. The van der Waals surface area contributed by atoms with Crippen molar-refractivity contribution in [3.63, 3.8) is 0 Å². The summed E-state index contributed by atoms with van der Waals surface area (Å²) in [6.45, 7) is 5.81. The van der Waals surface area contributed by atoms with Crippen LogP contribution in [0.2, 0.25) is 0 Å². The monoisotopic (exact) mass is 339 g/mol. The number of nitrogens with zero attached hydrogens (tertiary/aromatic N) is 4. The van der Waals surface area contributed by atoms with Crippen molar-refractivity contribution in [2.24, 2.45) is 0 Å². The smallest absolute Gasteiger partial charge is 0.241 e. The summed E-state index contributed by atoms with van der Waals surface area (Å²) in [5, 5.41) is 17.2. The first-order chi connectivity index (χ1) is 12.0. The fraction of sp³-hybridized carbons (Fsp3) is 0.294. The Morgan fingerprint density at radius 3 is 2.60 bits per heavy atom. The molecule has 8 nitrogen and oxygen atoms in total. The number of hydrogen-bond acceptors (Lipinski definition) is 5. The highest BCUT2D eigenvalue weighted by molar-refractivity contribution is 5.94. The van der Waals surface area contributed by atoms with Crippen molar-refractivity contribution in [3.05, 3.63) is 54.4 Å². The zero-order chi connectivity index (χ0) is 17.8. The molecule has 0 aliphatic heterocycles. The van der Waals surface area contributed by atoms with Crippen LogP contribution in [0.25, 0.3) is 5.69 Å². The molecule has 0 aliphatic rings. The van der Waals surface area contributed by atoms with Crippen LogP contribution in [-0.4, -0.2) is 36.9 Å². The Kier molecular flexibility index (Phi) is 4.90. The number of amides is 1. The Morgan fingerprint density at radius 2 is 2.00 bits per heavy atom. The fourth-order valence-electron chi connectivity index (χ4n) is 2.63. The minimum atomic E-state index is -0.348. The number of benzene rings is 1. The summed E-state index contributed by atoms with van der Waals surface area (Å²) in [4.78, 5) is 16.3. The molecule has 1 amide bonds. The van der Waals surface area contributed by atoms with Crippen LogP contribution in [0, 0.1) is 6.92 Å². The second kappa shape index (κ2) is 7.27. The van der Waals surface area contributed by atoms with E-state index in [1.54, 1.807) is 17.2 Å². The molecule has 3 aromatic rings. The minimum Gasteiger partial charge on any atom is -0.325 e. The van der Waals surface area contributed by atoms with Crippen molar-refractivity contribution in [2.45, 2.75) is 32.9 Å². The molecule has 3 N–H and O–H groups in total. The van der Waals surface area contributed by atoms with Gasteiger partial charge >= 0.3 is 0 Å². The van der Waals surface area contributed by atoms with Crippen LogP contribution in [-0.2, 0) is 4.79 Å². The molecule has 2 atom stereocenters. The molecule has 0 aliphatic carbocycles. The van der Waals surface area contributed by atoms with E-state index in [-0.39, 0.29) is 18.0 Å². The predicted molar refractivity (Wildman–Crippen MR) is 94.3 cm³/mol. The van der Waals surface area contributed by atoms with E-state index in [0.29, 0.717) is 0 Å². The van der Waals surface area contributed by atoms with Crippen LogP contribution in [0.5, 0.6) is 0 Å². The summed E-state index contributed by atoms with van der Waals surface area (Å²) < 4.78 is 1.66. The number of hydrogen-bond donors (Lipinski definition) is 3. The molecular weight excluding hydrogens is 318 g/mol. The number of aromatic nitrogens is 5. The van der Waals surface area contributed by atoms with Gasteiger partial charge in [0.25, 0.3) is 0 Å². The summed E-state index contributed by atoms with van der Waals surface area (Å²) in [5.74, 6) is -0.0958. The molecule has 0 spiro atoms. The molecule has 25 heavy (non-hydrogen) atoms. The van der Waals surface area contributed by atoms with E-state index in [0.717, 1.165) is 22.6 Å². The zero-order valence-electron chi connectivity index (χ0n) is 14.4. The van der Waals surface area contributed by atoms with Crippen LogP contribution >= 0.6 is 0 Å². The highest BCUT2D eigenvalue weighted by Gasteiger charge is 2.18. The Balaban J connectivity index is 1.59. The van der Waals surface area contributed by atoms with Crippen LogP contribution < -0.4 is 10.6 Å². The van der Waals surface area contributed by atoms with Crippen molar-refractivity contribution in [1.29, 1.82) is 0 Å². The highest BCUT2D eigenvalue weighted by Crippen LogP contribution is 2.16. The maximum Gasteiger partial charge on any atom is 0.241 e. The maximum absolute atomic E-state index is 12.4. The summed E-state index contributed by atoms with van der Waals surface area (Å²) in [7, 11) is 0. The van der Waals surface area contributed by atoms with E-state index in [2.05, 4.69) is 30.9 Å². The normalized spacial score (nSPS) is 13.4. The highest BCUT2D eigenvalue weighted by atomic mass is 16.2. The Labute approximate surface area is 145 Å². The summed E-state index contributed by atoms with van der Waals surface area (Å²) in [6.07, 6.45) is 4.88. The lowest BCUT2D eigenvalue weighted by molar-refractivity contribution is -0.117. The van der Waals surface area contributed by atoms with Crippen molar-refractivity contribution in [1.82, 2.24) is 30.3 Å². The molecule has 0 bridgehead atoms. The number of nitrogens with one attached hydrogen (secondary N) is 3. The van der Waals surface area contributed by atoms with Crippen LogP contribution in [0.15, 0.2) is 43.1 Å². The number of aromatic amines is 1.